The molecule has 5 heteroatoms. The predicted molar refractivity (Wildman–Crippen MR) is 94.9 cm³/mol. The summed E-state index contributed by atoms with van der Waals surface area (Å²) in [4.78, 5) is 17.4. The van der Waals surface area contributed by atoms with Crippen LogP contribution in [0.15, 0.2) is 18.2 Å². The molecule has 2 aliphatic rings. The molecule has 1 saturated heterocycles. The largest absolute Gasteiger partial charge is 0.456 e. The average Bonchev–Trinajstić information content (AvgIpc) is 2.74. The number of carbonyl (C=O) groups excluding carboxylic acids is 1. The number of hydrogen-bond acceptors (Lipinski definition) is 4. The van der Waals surface area contributed by atoms with E-state index in [1.54, 1.807) is 6.07 Å². The van der Waals surface area contributed by atoms with E-state index in [4.69, 9.17) is 16.3 Å². The first-order chi connectivity index (χ1) is 11.3. The Labute approximate surface area is 146 Å². The number of nitrogens with zero attached hydrogens (tertiary/aromatic N) is 1. The van der Waals surface area contributed by atoms with E-state index in [-0.39, 0.29) is 5.97 Å². The molecule has 4 rings (SSSR count). The summed E-state index contributed by atoms with van der Waals surface area (Å²) in [5.74, 6) is 0.535. The van der Waals surface area contributed by atoms with Crippen LogP contribution in [0.5, 0.6) is 0 Å². The summed E-state index contributed by atoms with van der Waals surface area (Å²) in [6.07, 6.45) is 1.09. The number of nitrogens with one attached hydrogen (secondary N) is 1. The Kier molecular flexibility index (Phi) is 3.59. The van der Waals surface area contributed by atoms with Crippen molar-refractivity contribution in [2.75, 3.05) is 13.1 Å². The van der Waals surface area contributed by atoms with Gasteiger partial charge in [-0.2, -0.15) is 0 Å². The van der Waals surface area contributed by atoms with Crippen molar-refractivity contribution in [3.63, 3.8) is 0 Å². The summed E-state index contributed by atoms with van der Waals surface area (Å²) in [6, 6.07) is 5.74. The Morgan fingerprint density at radius 1 is 1.29 bits per heavy atom. The Morgan fingerprint density at radius 2 is 2.04 bits per heavy atom. The van der Waals surface area contributed by atoms with Crippen LogP contribution in [0.1, 0.15) is 60.5 Å². The van der Waals surface area contributed by atoms with Gasteiger partial charge in [-0.05, 0) is 68.4 Å². The molecule has 0 saturated carbocycles. The van der Waals surface area contributed by atoms with Crippen LogP contribution in [0.25, 0.3) is 10.9 Å². The van der Waals surface area contributed by atoms with E-state index >= 15 is 0 Å². The van der Waals surface area contributed by atoms with Crippen molar-refractivity contribution in [3.05, 3.63) is 40.0 Å². The number of hydrogen-bond donors (Lipinski definition) is 1. The highest BCUT2D eigenvalue weighted by molar-refractivity contribution is 6.29. The number of rotatable bonds is 1. The molecule has 1 aliphatic heterocycles. The first kappa shape index (κ1) is 15.9. The first-order valence-electron chi connectivity index (χ1n) is 8.40. The molecule has 2 aromatic rings. The van der Waals surface area contributed by atoms with Gasteiger partial charge in [-0.15, -0.1) is 0 Å². The van der Waals surface area contributed by atoms with Gasteiger partial charge in [0.2, 0.25) is 0 Å². The Morgan fingerprint density at radius 3 is 2.79 bits per heavy atom. The lowest BCUT2D eigenvalue weighted by atomic mass is 9.92. The number of esters is 1. The summed E-state index contributed by atoms with van der Waals surface area (Å²) in [5.41, 5.74) is 3.30. The van der Waals surface area contributed by atoms with Crippen LogP contribution in [0.3, 0.4) is 0 Å². The van der Waals surface area contributed by atoms with Crippen molar-refractivity contribution in [2.45, 2.75) is 44.6 Å². The predicted octanol–water partition coefficient (Wildman–Crippen LogP) is 4.02. The lowest BCUT2D eigenvalue weighted by Crippen LogP contribution is -2.29. The summed E-state index contributed by atoms with van der Waals surface area (Å²) < 4.78 is 5.72. The van der Waals surface area contributed by atoms with Crippen LogP contribution >= 0.6 is 11.6 Å². The van der Waals surface area contributed by atoms with E-state index in [1.165, 1.54) is 5.56 Å². The summed E-state index contributed by atoms with van der Waals surface area (Å²) in [5, 5.41) is 4.75. The van der Waals surface area contributed by atoms with Gasteiger partial charge in [0, 0.05) is 18.5 Å². The quantitative estimate of drug-likeness (QED) is 0.627. The van der Waals surface area contributed by atoms with Crippen LogP contribution in [0.2, 0.25) is 5.15 Å². The minimum Gasteiger partial charge on any atom is -0.456 e. The van der Waals surface area contributed by atoms with E-state index in [0.29, 0.717) is 22.6 Å². The monoisotopic (exact) mass is 344 g/mol. The molecule has 1 fully saturated rings. The molecule has 0 spiro atoms. The molecule has 1 aliphatic carbocycles. The second kappa shape index (κ2) is 5.43. The minimum absolute atomic E-state index is 0.263. The van der Waals surface area contributed by atoms with Gasteiger partial charge in [0.05, 0.1) is 11.1 Å². The maximum Gasteiger partial charge on any atom is 0.339 e. The maximum absolute atomic E-state index is 13.0. The smallest absolute Gasteiger partial charge is 0.339 e. The molecule has 0 radical (unpaired) electrons. The van der Waals surface area contributed by atoms with Gasteiger partial charge in [-0.3, -0.25) is 0 Å². The highest BCUT2D eigenvalue weighted by Crippen LogP contribution is 2.47. The number of ether oxygens (including phenoxy) is 1. The van der Waals surface area contributed by atoms with Crippen molar-refractivity contribution < 1.29 is 9.53 Å². The fourth-order valence-corrected chi connectivity index (χ4v) is 4.17. The molecule has 4 nitrogen and oxygen atoms in total. The number of benzene rings is 1. The molecule has 2 atom stereocenters. The normalized spacial score (nSPS) is 22.5. The third-order valence-corrected chi connectivity index (χ3v) is 5.04. The third-order valence-electron chi connectivity index (χ3n) is 4.83. The topological polar surface area (TPSA) is 51.2 Å². The maximum atomic E-state index is 13.0. The van der Waals surface area contributed by atoms with Crippen molar-refractivity contribution in [1.29, 1.82) is 0 Å². The molecule has 2 bridgehead atoms. The SMILES string of the molecule is CC(C)(C)OC(=O)c1c2c(cc3nc(Cl)ccc13)C1CNCC2C1. The average molecular weight is 345 g/mol. The molecular weight excluding hydrogens is 324 g/mol. The molecule has 2 heterocycles. The van der Waals surface area contributed by atoms with Crippen LogP contribution in [0.4, 0.5) is 0 Å². The first-order valence-corrected chi connectivity index (χ1v) is 8.78. The number of carbonyl (C=O) groups is 1. The summed E-state index contributed by atoms with van der Waals surface area (Å²) in [6.45, 7) is 7.54. The molecule has 24 heavy (non-hydrogen) atoms. The highest BCUT2D eigenvalue weighted by Gasteiger charge is 2.39. The fourth-order valence-electron chi connectivity index (χ4n) is 4.01. The van der Waals surface area contributed by atoms with Gasteiger partial charge in [0.25, 0.3) is 0 Å². The molecular formula is C19H21ClN2O2. The van der Waals surface area contributed by atoms with Crippen molar-refractivity contribution >= 4 is 28.5 Å². The number of fused-ring (bicyclic) bond motifs is 6. The molecule has 0 amide bonds. The van der Waals surface area contributed by atoms with Crippen LogP contribution in [-0.2, 0) is 4.74 Å². The lowest BCUT2D eigenvalue weighted by molar-refractivity contribution is 0.00703. The second-order valence-corrected chi connectivity index (χ2v) is 8.13. The molecule has 2 unspecified atom stereocenters. The Balaban J connectivity index is 1.97. The molecule has 1 aromatic heterocycles. The summed E-state index contributed by atoms with van der Waals surface area (Å²) in [7, 11) is 0. The summed E-state index contributed by atoms with van der Waals surface area (Å²) >= 11 is 6.08. The van der Waals surface area contributed by atoms with Gasteiger partial charge in [0.15, 0.2) is 0 Å². The Bertz CT molecular complexity index is 841. The van der Waals surface area contributed by atoms with Crippen LogP contribution in [-0.4, -0.2) is 29.6 Å². The van der Waals surface area contributed by atoms with Crippen molar-refractivity contribution in [1.82, 2.24) is 10.3 Å². The number of pyridine rings is 1. The third kappa shape index (κ3) is 2.58. The Hall–Kier alpha value is -1.65. The molecule has 1 aromatic carbocycles. The van der Waals surface area contributed by atoms with Gasteiger partial charge in [-0.1, -0.05) is 11.6 Å². The van der Waals surface area contributed by atoms with Gasteiger partial charge >= 0.3 is 5.97 Å². The van der Waals surface area contributed by atoms with Crippen LogP contribution in [0, 0.1) is 0 Å². The zero-order valence-electron chi connectivity index (χ0n) is 14.1. The van der Waals surface area contributed by atoms with E-state index in [9.17, 15) is 4.79 Å². The van der Waals surface area contributed by atoms with Crippen LogP contribution < -0.4 is 5.32 Å². The van der Waals surface area contributed by atoms with Crippen molar-refractivity contribution in [2.24, 2.45) is 0 Å². The second-order valence-electron chi connectivity index (χ2n) is 7.74. The zero-order chi connectivity index (χ0) is 17.1. The van der Waals surface area contributed by atoms with Gasteiger partial charge in [0.1, 0.15) is 10.8 Å². The van der Waals surface area contributed by atoms with E-state index in [1.807, 2.05) is 26.8 Å². The van der Waals surface area contributed by atoms with Gasteiger partial charge in [-0.25, -0.2) is 9.78 Å². The van der Waals surface area contributed by atoms with E-state index < -0.39 is 5.60 Å². The van der Waals surface area contributed by atoms with E-state index in [2.05, 4.69) is 16.4 Å². The molecule has 1 N–H and O–H groups in total. The lowest BCUT2D eigenvalue weighted by Gasteiger charge is -2.23. The number of piperidine rings is 1. The number of halogens is 1. The standard InChI is InChI=1S/C19H21ClN2O2/c1-19(2,3)24-18(23)17-12-4-5-15(20)22-14(12)7-13-10-6-11(16(13)17)9-21-8-10/h4-5,7,10-11,21H,6,8-9H2,1-3H3. The minimum atomic E-state index is -0.530. The van der Waals surface area contributed by atoms with Gasteiger partial charge < -0.3 is 10.1 Å². The van der Waals surface area contributed by atoms with E-state index in [0.717, 1.165) is 36.0 Å². The zero-order valence-corrected chi connectivity index (χ0v) is 14.9. The highest BCUT2D eigenvalue weighted by atomic mass is 35.5. The van der Waals surface area contributed by atoms with Crippen molar-refractivity contribution in [3.8, 4) is 0 Å². The fraction of sp³-hybridized carbons (Fsp3) is 0.474. The molecule has 126 valence electrons. The number of aromatic nitrogens is 1.